The molecule has 0 saturated carbocycles. The fourth-order valence-corrected chi connectivity index (χ4v) is 1.73. The van der Waals surface area contributed by atoms with Gasteiger partial charge in [-0.2, -0.15) is 0 Å². The van der Waals surface area contributed by atoms with Crippen LogP contribution in [0.25, 0.3) is 0 Å². The second-order valence-electron chi connectivity index (χ2n) is 4.53. The van der Waals surface area contributed by atoms with Crippen LogP contribution in [0, 0.1) is 0 Å². The fourth-order valence-electron chi connectivity index (χ4n) is 1.73. The van der Waals surface area contributed by atoms with Crippen molar-refractivity contribution in [3.05, 3.63) is 42.0 Å². The maximum absolute atomic E-state index is 9.79. The first-order valence-electron chi connectivity index (χ1n) is 6.98. The molecule has 0 bridgehead atoms. The molecule has 19 heavy (non-hydrogen) atoms. The van der Waals surface area contributed by atoms with Crippen molar-refractivity contribution in [2.45, 2.75) is 32.8 Å². The highest BCUT2D eigenvalue weighted by Gasteiger charge is 2.04. The van der Waals surface area contributed by atoms with Crippen LogP contribution in [0.15, 0.2) is 36.4 Å². The van der Waals surface area contributed by atoms with E-state index >= 15 is 0 Å². The minimum absolute atomic E-state index is 0.323. The van der Waals surface area contributed by atoms with Crippen molar-refractivity contribution >= 4 is 0 Å². The highest BCUT2D eigenvalue weighted by atomic mass is 16.5. The van der Waals surface area contributed by atoms with E-state index in [4.69, 9.17) is 4.74 Å². The zero-order valence-electron chi connectivity index (χ0n) is 11.9. The van der Waals surface area contributed by atoms with Crippen molar-refractivity contribution in [2.75, 3.05) is 19.7 Å². The average molecular weight is 263 g/mol. The number of ether oxygens (including phenoxy) is 1. The van der Waals surface area contributed by atoms with E-state index in [0.29, 0.717) is 13.2 Å². The molecule has 2 N–H and O–H groups in total. The number of hydrogen-bond acceptors (Lipinski definition) is 3. The molecule has 0 radical (unpaired) electrons. The van der Waals surface area contributed by atoms with Crippen LogP contribution in [0.5, 0.6) is 5.75 Å². The number of aryl methyl sites for hydroxylation is 1. The monoisotopic (exact) mass is 263 g/mol. The standard InChI is InChI=1S/C16H25NO2/c1-3-5-6-10-17-12-15(18)13-19-16-9-7-8-14(4-2)11-16/h3,5,7-9,11,15,17-18H,4,6,10,12-13H2,1-2H3/b5-3+. The van der Waals surface area contributed by atoms with Gasteiger partial charge in [0.15, 0.2) is 0 Å². The highest BCUT2D eigenvalue weighted by Crippen LogP contribution is 2.13. The van der Waals surface area contributed by atoms with Crippen LogP contribution in [-0.4, -0.2) is 30.9 Å². The van der Waals surface area contributed by atoms with Crippen molar-refractivity contribution in [1.29, 1.82) is 0 Å². The molecular formula is C16H25NO2. The van der Waals surface area contributed by atoms with Crippen LogP contribution in [0.4, 0.5) is 0 Å². The summed E-state index contributed by atoms with van der Waals surface area (Å²) in [4.78, 5) is 0. The predicted molar refractivity (Wildman–Crippen MR) is 79.6 cm³/mol. The lowest BCUT2D eigenvalue weighted by Crippen LogP contribution is -2.31. The molecule has 0 aromatic heterocycles. The Bertz CT molecular complexity index is 377. The third-order valence-corrected chi connectivity index (χ3v) is 2.85. The summed E-state index contributed by atoms with van der Waals surface area (Å²) in [5.74, 6) is 0.826. The number of allylic oxidation sites excluding steroid dienone is 1. The lowest BCUT2D eigenvalue weighted by atomic mass is 10.2. The van der Waals surface area contributed by atoms with Crippen LogP contribution < -0.4 is 10.1 Å². The van der Waals surface area contributed by atoms with Gasteiger partial charge in [-0.1, -0.05) is 31.2 Å². The number of aliphatic hydroxyl groups is 1. The maximum atomic E-state index is 9.79. The lowest BCUT2D eigenvalue weighted by molar-refractivity contribution is 0.106. The van der Waals surface area contributed by atoms with Crippen LogP contribution in [-0.2, 0) is 6.42 Å². The first kappa shape index (κ1) is 15.7. The van der Waals surface area contributed by atoms with Gasteiger partial charge in [-0.25, -0.2) is 0 Å². The van der Waals surface area contributed by atoms with Crippen LogP contribution in [0.1, 0.15) is 25.8 Å². The normalized spacial score (nSPS) is 12.8. The number of hydrogen-bond donors (Lipinski definition) is 2. The molecule has 0 fully saturated rings. The number of rotatable bonds is 9. The molecule has 0 heterocycles. The maximum Gasteiger partial charge on any atom is 0.119 e. The van der Waals surface area contributed by atoms with Gasteiger partial charge in [0, 0.05) is 6.54 Å². The summed E-state index contributed by atoms with van der Waals surface area (Å²) in [6, 6.07) is 8.00. The third-order valence-electron chi connectivity index (χ3n) is 2.85. The molecule has 1 rings (SSSR count). The van der Waals surface area contributed by atoms with Crippen molar-refractivity contribution in [1.82, 2.24) is 5.32 Å². The van der Waals surface area contributed by atoms with Gasteiger partial charge in [0.05, 0.1) is 0 Å². The van der Waals surface area contributed by atoms with Crippen molar-refractivity contribution in [2.24, 2.45) is 0 Å². The average Bonchev–Trinajstić information content (AvgIpc) is 2.45. The number of benzene rings is 1. The van der Waals surface area contributed by atoms with Gasteiger partial charge in [0.2, 0.25) is 0 Å². The van der Waals surface area contributed by atoms with Gasteiger partial charge >= 0.3 is 0 Å². The van der Waals surface area contributed by atoms with Gasteiger partial charge in [-0.05, 0) is 44.0 Å². The Morgan fingerprint density at radius 1 is 1.42 bits per heavy atom. The molecule has 1 unspecified atom stereocenters. The minimum Gasteiger partial charge on any atom is -0.491 e. The van der Waals surface area contributed by atoms with Gasteiger partial charge < -0.3 is 15.2 Å². The summed E-state index contributed by atoms with van der Waals surface area (Å²) in [6.07, 6.45) is 5.64. The van der Waals surface area contributed by atoms with E-state index in [0.717, 1.165) is 25.1 Å². The van der Waals surface area contributed by atoms with Crippen LogP contribution in [0.3, 0.4) is 0 Å². The van der Waals surface area contributed by atoms with Gasteiger partial charge in [0.25, 0.3) is 0 Å². The largest absolute Gasteiger partial charge is 0.491 e. The molecule has 3 heteroatoms. The van der Waals surface area contributed by atoms with E-state index in [1.165, 1.54) is 5.56 Å². The van der Waals surface area contributed by atoms with Crippen molar-refractivity contribution < 1.29 is 9.84 Å². The molecule has 0 aliphatic carbocycles. The topological polar surface area (TPSA) is 41.5 Å². The van der Waals surface area contributed by atoms with Crippen molar-refractivity contribution in [3.8, 4) is 5.75 Å². The SMILES string of the molecule is C/C=C/CCNCC(O)COc1cccc(CC)c1. The molecule has 0 aliphatic heterocycles. The van der Waals surface area contributed by atoms with E-state index in [2.05, 4.69) is 24.4 Å². The fraction of sp³-hybridized carbons (Fsp3) is 0.500. The summed E-state index contributed by atoms with van der Waals surface area (Å²) in [5.41, 5.74) is 1.25. The summed E-state index contributed by atoms with van der Waals surface area (Å²) in [7, 11) is 0. The van der Waals surface area contributed by atoms with E-state index in [-0.39, 0.29) is 0 Å². The quantitative estimate of drug-likeness (QED) is 0.531. The molecule has 1 atom stereocenters. The van der Waals surface area contributed by atoms with Crippen LogP contribution in [0.2, 0.25) is 0 Å². The lowest BCUT2D eigenvalue weighted by Gasteiger charge is -2.13. The third kappa shape index (κ3) is 6.99. The zero-order valence-corrected chi connectivity index (χ0v) is 11.9. The Morgan fingerprint density at radius 2 is 2.26 bits per heavy atom. The molecule has 0 saturated heterocycles. The second-order valence-corrected chi connectivity index (χ2v) is 4.53. The Balaban J connectivity index is 2.20. The molecular weight excluding hydrogens is 238 g/mol. The van der Waals surface area contributed by atoms with E-state index in [1.54, 1.807) is 0 Å². The van der Waals surface area contributed by atoms with Gasteiger partial charge in [-0.15, -0.1) is 0 Å². The molecule has 0 spiro atoms. The Labute approximate surface area is 116 Å². The summed E-state index contributed by atoms with van der Waals surface area (Å²) >= 11 is 0. The van der Waals surface area contributed by atoms with Gasteiger partial charge in [0.1, 0.15) is 18.5 Å². The van der Waals surface area contributed by atoms with E-state index in [9.17, 15) is 5.11 Å². The smallest absolute Gasteiger partial charge is 0.119 e. The number of aliphatic hydroxyl groups excluding tert-OH is 1. The molecule has 106 valence electrons. The summed E-state index contributed by atoms with van der Waals surface area (Å²) in [6.45, 7) is 5.89. The molecule has 0 amide bonds. The first-order valence-corrected chi connectivity index (χ1v) is 6.98. The second kappa shape index (κ2) is 9.59. The summed E-state index contributed by atoms with van der Waals surface area (Å²) in [5, 5.41) is 13.0. The number of nitrogens with one attached hydrogen (secondary N) is 1. The zero-order chi connectivity index (χ0) is 13.9. The molecule has 0 aliphatic rings. The highest BCUT2D eigenvalue weighted by molar-refractivity contribution is 5.28. The minimum atomic E-state index is -0.476. The van der Waals surface area contributed by atoms with Crippen LogP contribution >= 0.6 is 0 Å². The van der Waals surface area contributed by atoms with E-state index < -0.39 is 6.10 Å². The summed E-state index contributed by atoms with van der Waals surface area (Å²) < 4.78 is 5.58. The first-order chi connectivity index (χ1) is 9.26. The Hall–Kier alpha value is -1.32. The molecule has 1 aromatic carbocycles. The Morgan fingerprint density at radius 3 is 3.00 bits per heavy atom. The molecule has 1 aromatic rings. The Kier molecular flexibility index (Phi) is 7.94. The molecule has 3 nitrogen and oxygen atoms in total. The predicted octanol–water partition coefficient (Wildman–Crippen LogP) is 2.54. The van der Waals surface area contributed by atoms with E-state index in [1.807, 2.05) is 31.2 Å². The van der Waals surface area contributed by atoms with Gasteiger partial charge in [-0.3, -0.25) is 0 Å². The van der Waals surface area contributed by atoms with Crippen molar-refractivity contribution in [3.63, 3.8) is 0 Å².